The van der Waals surface area contributed by atoms with Crippen LogP contribution in [0.25, 0.3) is 0 Å². The molecule has 1 heterocycles. The van der Waals surface area contributed by atoms with Crippen LogP contribution in [0.5, 0.6) is 0 Å². The van der Waals surface area contributed by atoms with E-state index in [0.29, 0.717) is 11.3 Å². The summed E-state index contributed by atoms with van der Waals surface area (Å²) in [6.45, 7) is 0.258. The van der Waals surface area contributed by atoms with Crippen LogP contribution in [0.4, 0.5) is 13.2 Å². The summed E-state index contributed by atoms with van der Waals surface area (Å²) in [5, 5.41) is 9.10. The first-order valence-corrected chi connectivity index (χ1v) is 10.2. The topological polar surface area (TPSA) is 40.5 Å². The molecule has 0 fully saturated rings. The average Bonchev–Trinajstić information content (AvgIpc) is 2.70. The van der Waals surface area contributed by atoms with Crippen LogP contribution in [0, 0.1) is 17.5 Å². The number of benzene rings is 2. The van der Waals surface area contributed by atoms with Crippen LogP contribution in [0.2, 0.25) is 0 Å². The van der Waals surface area contributed by atoms with E-state index in [-0.39, 0.29) is 17.9 Å². The summed E-state index contributed by atoms with van der Waals surface area (Å²) >= 11 is 1.47. The molecule has 7 heteroatoms. The fraction of sp³-hybridized carbons (Fsp3) is 0.227. The van der Waals surface area contributed by atoms with Gasteiger partial charge in [-0.3, -0.25) is 0 Å². The van der Waals surface area contributed by atoms with Crippen LogP contribution >= 0.6 is 11.8 Å². The van der Waals surface area contributed by atoms with Crippen molar-refractivity contribution in [3.05, 3.63) is 95.0 Å². The lowest BCUT2D eigenvalue weighted by Crippen LogP contribution is -2.34. The molecule has 1 unspecified atom stereocenters. The number of carboxylic acids is 1. The number of carbonyl (C=O) groups is 1. The number of thioether (sulfide) groups is 1. The highest BCUT2D eigenvalue weighted by atomic mass is 32.2. The van der Waals surface area contributed by atoms with E-state index in [9.17, 15) is 23.1 Å². The summed E-state index contributed by atoms with van der Waals surface area (Å²) in [6.07, 6.45) is 6.50. The highest BCUT2D eigenvalue weighted by molar-refractivity contribution is 8.00. The maximum absolute atomic E-state index is 13.5. The summed E-state index contributed by atoms with van der Waals surface area (Å²) in [5.41, 5.74) is 1.81. The van der Waals surface area contributed by atoms with Gasteiger partial charge >= 0.3 is 5.97 Å². The van der Waals surface area contributed by atoms with Crippen LogP contribution in [0.3, 0.4) is 0 Å². The molecule has 2 aromatic carbocycles. The van der Waals surface area contributed by atoms with E-state index in [1.54, 1.807) is 35.4 Å². The third kappa shape index (κ3) is 5.67. The predicted molar refractivity (Wildman–Crippen MR) is 108 cm³/mol. The number of rotatable bonds is 8. The molecule has 0 saturated heterocycles. The van der Waals surface area contributed by atoms with Crippen molar-refractivity contribution in [2.75, 3.05) is 5.75 Å². The van der Waals surface area contributed by atoms with Gasteiger partial charge in [0.15, 0.2) is 11.6 Å². The molecule has 0 amide bonds. The molecule has 1 aliphatic heterocycles. The minimum Gasteiger partial charge on any atom is -0.478 e. The van der Waals surface area contributed by atoms with Crippen LogP contribution in [0.1, 0.15) is 17.5 Å². The first kappa shape index (κ1) is 21.0. The smallest absolute Gasteiger partial charge is 0.334 e. The van der Waals surface area contributed by atoms with Gasteiger partial charge in [-0.25, -0.2) is 18.0 Å². The molecule has 1 atom stereocenters. The van der Waals surface area contributed by atoms with Gasteiger partial charge in [0, 0.05) is 12.7 Å². The molecule has 0 saturated carbocycles. The Morgan fingerprint density at radius 3 is 2.45 bits per heavy atom. The Balaban J connectivity index is 1.64. The van der Waals surface area contributed by atoms with Crippen molar-refractivity contribution >= 4 is 17.7 Å². The number of aliphatic carboxylic acids is 1. The number of aryl methyl sites for hydroxylation is 1. The molecule has 2 aromatic rings. The second-order valence-electron chi connectivity index (χ2n) is 6.64. The van der Waals surface area contributed by atoms with Gasteiger partial charge in [-0.05, 0) is 66.1 Å². The van der Waals surface area contributed by atoms with Crippen molar-refractivity contribution in [3.63, 3.8) is 0 Å². The molecule has 0 bridgehead atoms. The van der Waals surface area contributed by atoms with Crippen molar-refractivity contribution < 1.29 is 23.1 Å². The molecule has 29 heavy (non-hydrogen) atoms. The van der Waals surface area contributed by atoms with Gasteiger partial charge in [-0.1, -0.05) is 18.2 Å². The first-order valence-electron chi connectivity index (χ1n) is 9.11. The highest BCUT2D eigenvalue weighted by Gasteiger charge is 2.27. The van der Waals surface area contributed by atoms with Gasteiger partial charge in [0.1, 0.15) is 11.2 Å². The number of allylic oxidation sites excluding steroid dienone is 2. The van der Waals surface area contributed by atoms with Crippen LogP contribution in [-0.2, 0) is 17.8 Å². The van der Waals surface area contributed by atoms with Gasteiger partial charge in [-0.15, -0.1) is 11.8 Å². The Morgan fingerprint density at radius 1 is 1.03 bits per heavy atom. The lowest BCUT2D eigenvalue weighted by atomic mass is 10.1. The van der Waals surface area contributed by atoms with Gasteiger partial charge in [0.2, 0.25) is 0 Å². The van der Waals surface area contributed by atoms with Gasteiger partial charge in [0.05, 0.1) is 5.57 Å². The SMILES string of the molecule is O=C(O)C1=CC=CN(Cc2ccc(F)c(F)c2)C1SCCCc1ccc(F)cc1. The molecule has 1 N–H and O–H groups in total. The molecule has 3 nitrogen and oxygen atoms in total. The quantitative estimate of drug-likeness (QED) is 0.602. The Bertz CT molecular complexity index is 928. The van der Waals surface area contributed by atoms with Crippen LogP contribution in [-0.4, -0.2) is 27.1 Å². The van der Waals surface area contributed by atoms with Crippen molar-refractivity contribution in [1.82, 2.24) is 4.90 Å². The average molecular weight is 419 g/mol. The number of hydrogen-bond acceptors (Lipinski definition) is 3. The van der Waals surface area contributed by atoms with Crippen molar-refractivity contribution in [2.45, 2.75) is 24.8 Å². The van der Waals surface area contributed by atoms with Crippen molar-refractivity contribution in [1.29, 1.82) is 0 Å². The van der Waals surface area contributed by atoms with E-state index in [1.807, 2.05) is 0 Å². The Hall–Kier alpha value is -2.67. The van der Waals surface area contributed by atoms with Crippen LogP contribution in [0.15, 0.2) is 66.4 Å². The standard InChI is InChI=1S/C22H20F3NO2S/c23-17-8-5-15(6-9-17)3-2-12-29-21-18(22(27)28)4-1-11-26(21)14-16-7-10-19(24)20(25)13-16/h1,4-11,13,21H,2-3,12,14H2,(H,27,28). The third-order valence-corrected chi connectivity index (χ3v) is 5.88. The van der Waals surface area contributed by atoms with E-state index in [0.717, 1.165) is 30.5 Å². The zero-order valence-electron chi connectivity index (χ0n) is 15.5. The second kappa shape index (κ2) is 9.69. The van der Waals surface area contributed by atoms with E-state index < -0.39 is 23.0 Å². The van der Waals surface area contributed by atoms with Crippen molar-refractivity contribution in [3.8, 4) is 0 Å². The summed E-state index contributed by atoms with van der Waals surface area (Å²) in [7, 11) is 0. The molecule has 3 rings (SSSR count). The molecular weight excluding hydrogens is 399 g/mol. The lowest BCUT2D eigenvalue weighted by molar-refractivity contribution is -0.133. The molecule has 1 aliphatic rings. The zero-order chi connectivity index (χ0) is 20.8. The predicted octanol–water partition coefficient (Wildman–Crippen LogP) is 5.14. The van der Waals surface area contributed by atoms with E-state index in [1.165, 1.54) is 30.0 Å². The summed E-state index contributed by atoms with van der Waals surface area (Å²) in [4.78, 5) is 13.5. The summed E-state index contributed by atoms with van der Waals surface area (Å²) < 4.78 is 39.7. The minimum absolute atomic E-state index is 0.238. The fourth-order valence-electron chi connectivity index (χ4n) is 3.07. The Kier molecular flexibility index (Phi) is 7.04. The largest absolute Gasteiger partial charge is 0.478 e. The molecule has 0 aliphatic carbocycles. The molecule has 152 valence electrons. The van der Waals surface area contributed by atoms with Gasteiger partial charge < -0.3 is 10.0 Å². The Labute approximate surface area is 171 Å². The number of hydrogen-bond donors (Lipinski definition) is 1. The van der Waals surface area contributed by atoms with E-state index >= 15 is 0 Å². The molecular formula is C22H20F3NO2S. The first-order chi connectivity index (χ1) is 13.9. The van der Waals surface area contributed by atoms with Crippen molar-refractivity contribution in [2.24, 2.45) is 0 Å². The molecule has 0 spiro atoms. The van der Waals surface area contributed by atoms with Gasteiger partial charge in [0.25, 0.3) is 0 Å². The lowest BCUT2D eigenvalue weighted by Gasteiger charge is -2.33. The molecule has 0 radical (unpaired) electrons. The molecule has 0 aromatic heterocycles. The minimum atomic E-state index is -1.01. The van der Waals surface area contributed by atoms with E-state index in [2.05, 4.69) is 0 Å². The highest BCUT2D eigenvalue weighted by Crippen LogP contribution is 2.30. The Morgan fingerprint density at radius 2 is 1.76 bits per heavy atom. The second-order valence-corrected chi connectivity index (χ2v) is 7.83. The third-order valence-electron chi connectivity index (χ3n) is 4.52. The van der Waals surface area contributed by atoms with E-state index in [4.69, 9.17) is 0 Å². The monoisotopic (exact) mass is 419 g/mol. The number of carboxylic acid groups (broad SMARTS) is 1. The van der Waals surface area contributed by atoms with Crippen LogP contribution < -0.4 is 0 Å². The summed E-state index contributed by atoms with van der Waals surface area (Å²) in [5.74, 6) is -2.45. The number of halogens is 3. The normalized spacial score (nSPS) is 16.0. The zero-order valence-corrected chi connectivity index (χ0v) is 16.3. The maximum Gasteiger partial charge on any atom is 0.334 e. The summed E-state index contributed by atoms with van der Waals surface area (Å²) in [6, 6.07) is 9.99. The fourth-order valence-corrected chi connectivity index (χ4v) is 4.30. The number of nitrogens with zero attached hydrogens (tertiary/aromatic N) is 1. The maximum atomic E-state index is 13.5. The van der Waals surface area contributed by atoms with Gasteiger partial charge in [-0.2, -0.15) is 0 Å².